The molecular weight excluding hydrogens is 190 g/mol. The van der Waals surface area contributed by atoms with Gasteiger partial charge < -0.3 is 10.4 Å². The molecule has 0 heterocycles. The SMILES string of the molecule is CNC(=O)c1c(O)cccc1CC1CC1. The Morgan fingerprint density at radius 1 is 1.53 bits per heavy atom. The van der Waals surface area contributed by atoms with Gasteiger partial charge in [0.25, 0.3) is 5.91 Å². The maximum atomic E-state index is 11.6. The van der Waals surface area contributed by atoms with E-state index in [1.54, 1.807) is 19.2 Å². The topological polar surface area (TPSA) is 49.3 Å². The Hall–Kier alpha value is -1.51. The zero-order valence-corrected chi connectivity index (χ0v) is 8.79. The molecule has 0 saturated heterocycles. The quantitative estimate of drug-likeness (QED) is 0.789. The highest BCUT2D eigenvalue weighted by atomic mass is 16.3. The molecule has 15 heavy (non-hydrogen) atoms. The molecule has 0 atom stereocenters. The minimum Gasteiger partial charge on any atom is -0.507 e. The smallest absolute Gasteiger partial charge is 0.255 e. The lowest BCUT2D eigenvalue weighted by atomic mass is 10.0. The maximum Gasteiger partial charge on any atom is 0.255 e. The fraction of sp³-hybridized carbons (Fsp3) is 0.417. The largest absolute Gasteiger partial charge is 0.507 e. The average Bonchev–Trinajstić information content (AvgIpc) is 3.01. The van der Waals surface area contributed by atoms with Gasteiger partial charge in [0.1, 0.15) is 5.75 Å². The summed E-state index contributed by atoms with van der Waals surface area (Å²) in [6, 6.07) is 5.27. The number of aromatic hydroxyl groups is 1. The van der Waals surface area contributed by atoms with E-state index in [1.165, 1.54) is 12.8 Å². The molecule has 0 aliphatic heterocycles. The maximum absolute atomic E-state index is 11.6. The Morgan fingerprint density at radius 3 is 2.87 bits per heavy atom. The second-order valence-electron chi connectivity index (χ2n) is 4.04. The second-order valence-corrected chi connectivity index (χ2v) is 4.04. The van der Waals surface area contributed by atoms with Crippen LogP contribution < -0.4 is 5.32 Å². The van der Waals surface area contributed by atoms with Crippen LogP contribution in [-0.2, 0) is 6.42 Å². The number of carbonyl (C=O) groups excluding carboxylic acids is 1. The summed E-state index contributed by atoms with van der Waals surface area (Å²) >= 11 is 0. The van der Waals surface area contributed by atoms with Crippen molar-refractivity contribution in [1.82, 2.24) is 5.32 Å². The number of phenolic OH excluding ortho intramolecular Hbond substituents is 1. The Labute approximate surface area is 89.1 Å². The Balaban J connectivity index is 2.33. The third-order valence-electron chi connectivity index (χ3n) is 2.79. The van der Waals surface area contributed by atoms with Crippen molar-refractivity contribution < 1.29 is 9.90 Å². The van der Waals surface area contributed by atoms with Crippen molar-refractivity contribution in [3.63, 3.8) is 0 Å². The van der Waals surface area contributed by atoms with Crippen LogP contribution in [0.1, 0.15) is 28.8 Å². The molecule has 2 rings (SSSR count). The third kappa shape index (κ3) is 2.12. The zero-order valence-electron chi connectivity index (χ0n) is 8.79. The first-order chi connectivity index (χ1) is 7.22. The van der Waals surface area contributed by atoms with Gasteiger partial charge in [-0.2, -0.15) is 0 Å². The van der Waals surface area contributed by atoms with Crippen LogP contribution in [-0.4, -0.2) is 18.1 Å². The lowest BCUT2D eigenvalue weighted by molar-refractivity contribution is 0.0959. The minimum absolute atomic E-state index is 0.0764. The third-order valence-corrected chi connectivity index (χ3v) is 2.79. The predicted octanol–water partition coefficient (Wildman–Crippen LogP) is 1.70. The van der Waals surface area contributed by atoms with Gasteiger partial charge in [0.15, 0.2) is 0 Å². The van der Waals surface area contributed by atoms with Crippen molar-refractivity contribution in [2.45, 2.75) is 19.3 Å². The first kappa shape index (κ1) is 10.0. The van der Waals surface area contributed by atoms with Gasteiger partial charge in [-0.15, -0.1) is 0 Å². The summed E-state index contributed by atoms with van der Waals surface area (Å²) < 4.78 is 0. The molecule has 1 saturated carbocycles. The van der Waals surface area contributed by atoms with Crippen LogP contribution in [0.5, 0.6) is 5.75 Å². The van der Waals surface area contributed by atoms with Crippen LogP contribution in [0.25, 0.3) is 0 Å². The normalized spacial score (nSPS) is 15.0. The molecule has 1 fully saturated rings. The lowest BCUT2D eigenvalue weighted by Crippen LogP contribution is -2.19. The molecule has 2 N–H and O–H groups in total. The zero-order chi connectivity index (χ0) is 10.8. The Kier molecular flexibility index (Phi) is 2.62. The molecule has 0 aromatic heterocycles. The van der Waals surface area contributed by atoms with Gasteiger partial charge in [-0.3, -0.25) is 4.79 Å². The number of rotatable bonds is 3. The van der Waals surface area contributed by atoms with Gasteiger partial charge in [-0.05, 0) is 36.8 Å². The van der Waals surface area contributed by atoms with Gasteiger partial charge >= 0.3 is 0 Å². The van der Waals surface area contributed by atoms with E-state index < -0.39 is 0 Å². The molecule has 1 aromatic carbocycles. The summed E-state index contributed by atoms with van der Waals surface area (Å²) in [6.45, 7) is 0. The van der Waals surface area contributed by atoms with E-state index in [-0.39, 0.29) is 11.7 Å². The summed E-state index contributed by atoms with van der Waals surface area (Å²) in [6.07, 6.45) is 3.38. The van der Waals surface area contributed by atoms with E-state index in [2.05, 4.69) is 5.32 Å². The molecule has 80 valence electrons. The monoisotopic (exact) mass is 205 g/mol. The molecule has 1 aromatic rings. The molecular formula is C12H15NO2. The predicted molar refractivity (Wildman–Crippen MR) is 57.9 cm³/mol. The molecule has 3 heteroatoms. The minimum atomic E-state index is -0.205. The number of benzene rings is 1. The van der Waals surface area contributed by atoms with Crippen LogP contribution in [0.3, 0.4) is 0 Å². The Morgan fingerprint density at radius 2 is 2.27 bits per heavy atom. The molecule has 0 radical (unpaired) electrons. The van der Waals surface area contributed by atoms with Gasteiger partial charge in [-0.25, -0.2) is 0 Å². The van der Waals surface area contributed by atoms with Crippen LogP contribution in [0.15, 0.2) is 18.2 Å². The number of hydrogen-bond acceptors (Lipinski definition) is 2. The summed E-state index contributed by atoms with van der Waals surface area (Å²) in [5, 5.41) is 12.2. The molecule has 1 aliphatic rings. The van der Waals surface area contributed by atoms with Crippen LogP contribution in [0, 0.1) is 5.92 Å². The van der Waals surface area contributed by atoms with E-state index in [9.17, 15) is 9.90 Å². The van der Waals surface area contributed by atoms with Crippen LogP contribution in [0.4, 0.5) is 0 Å². The standard InChI is InChI=1S/C12H15NO2/c1-13-12(15)11-9(7-8-5-6-8)3-2-4-10(11)14/h2-4,8,14H,5-7H2,1H3,(H,13,15). The molecule has 0 spiro atoms. The number of amides is 1. The van der Waals surface area contributed by atoms with E-state index in [0.29, 0.717) is 11.5 Å². The lowest BCUT2D eigenvalue weighted by Gasteiger charge is -2.09. The van der Waals surface area contributed by atoms with Gasteiger partial charge in [0.2, 0.25) is 0 Å². The van der Waals surface area contributed by atoms with E-state index in [1.807, 2.05) is 6.07 Å². The summed E-state index contributed by atoms with van der Waals surface area (Å²) in [4.78, 5) is 11.6. The average molecular weight is 205 g/mol. The number of carbonyl (C=O) groups is 1. The molecule has 0 unspecified atom stereocenters. The molecule has 1 amide bonds. The van der Waals surface area contributed by atoms with Crippen molar-refractivity contribution in [2.75, 3.05) is 7.05 Å². The van der Waals surface area contributed by atoms with Crippen LogP contribution >= 0.6 is 0 Å². The van der Waals surface area contributed by atoms with E-state index in [4.69, 9.17) is 0 Å². The van der Waals surface area contributed by atoms with Crippen molar-refractivity contribution in [3.8, 4) is 5.75 Å². The number of nitrogens with one attached hydrogen (secondary N) is 1. The first-order valence-electron chi connectivity index (χ1n) is 5.25. The van der Waals surface area contributed by atoms with Gasteiger partial charge in [0.05, 0.1) is 5.56 Å². The highest BCUT2D eigenvalue weighted by Gasteiger charge is 2.24. The fourth-order valence-electron chi connectivity index (χ4n) is 1.78. The first-order valence-corrected chi connectivity index (χ1v) is 5.25. The Bertz CT molecular complexity index is 383. The van der Waals surface area contributed by atoms with E-state index in [0.717, 1.165) is 12.0 Å². The van der Waals surface area contributed by atoms with Crippen molar-refractivity contribution in [2.24, 2.45) is 5.92 Å². The van der Waals surface area contributed by atoms with Crippen molar-refractivity contribution >= 4 is 5.91 Å². The van der Waals surface area contributed by atoms with Crippen molar-refractivity contribution in [1.29, 1.82) is 0 Å². The summed E-state index contributed by atoms with van der Waals surface area (Å²) in [7, 11) is 1.58. The van der Waals surface area contributed by atoms with Crippen molar-refractivity contribution in [3.05, 3.63) is 29.3 Å². The summed E-state index contributed by atoms with van der Waals surface area (Å²) in [5.74, 6) is 0.575. The highest BCUT2D eigenvalue weighted by molar-refractivity contribution is 5.98. The molecule has 0 bridgehead atoms. The molecule has 3 nitrogen and oxygen atoms in total. The van der Waals surface area contributed by atoms with E-state index >= 15 is 0 Å². The summed E-state index contributed by atoms with van der Waals surface area (Å²) in [5.41, 5.74) is 1.39. The van der Waals surface area contributed by atoms with Gasteiger partial charge in [-0.1, -0.05) is 12.1 Å². The van der Waals surface area contributed by atoms with Gasteiger partial charge in [0, 0.05) is 7.05 Å². The van der Waals surface area contributed by atoms with Crippen LogP contribution in [0.2, 0.25) is 0 Å². The fourth-order valence-corrected chi connectivity index (χ4v) is 1.78. The second kappa shape index (κ2) is 3.93. The number of hydrogen-bond donors (Lipinski definition) is 2. The molecule has 1 aliphatic carbocycles. The number of phenols is 1. The highest BCUT2D eigenvalue weighted by Crippen LogP contribution is 2.34.